The lowest BCUT2D eigenvalue weighted by Crippen LogP contribution is -2.55. The Balaban J connectivity index is 1.54. The average molecular weight is 395 g/mol. The van der Waals surface area contributed by atoms with Gasteiger partial charge >= 0.3 is 5.97 Å². The standard InChI is InChI=1S/C21H31F2N3O2/c1-21(2,3)28-20(27)14-6-9-25(10-7-14)19-8-11-26(13-17(19)23)18-5-4-15(24)12-16(18)22/h4-5,12,14,17,19H,6-11,13,24H2,1-3H3. The van der Waals surface area contributed by atoms with Crippen molar-refractivity contribution in [3.63, 3.8) is 0 Å². The zero-order chi connectivity index (χ0) is 20.5. The van der Waals surface area contributed by atoms with Gasteiger partial charge in [0.2, 0.25) is 0 Å². The third-order valence-electron chi connectivity index (χ3n) is 5.56. The van der Waals surface area contributed by atoms with Crippen LogP contribution in [0.5, 0.6) is 0 Å². The van der Waals surface area contributed by atoms with E-state index in [2.05, 4.69) is 4.90 Å². The normalized spacial score (nSPS) is 25.0. The lowest BCUT2D eigenvalue weighted by atomic mass is 9.92. The smallest absolute Gasteiger partial charge is 0.309 e. The second-order valence-electron chi connectivity index (χ2n) is 8.87. The molecule has 28 heavy (non-hydrogen) atoms. The quantitative estimate of drug-likeness (QED) is 0.628. The Morgan fingerprint density at radius 2 is 1.86 bits per heavy atom. The van der Waals surface area contributed by atoms with Gasteiger partial charge in [0.25, 0.3) is 0 Å². The van der Waals surface area contributed by atoms with E-state index in [9.17, 15) is 13.6 Å². The zero-order valence-electron chi connectivity index (χ0n) is 17.0. The van der Waals surface area contributed by atoms with Crippen molar-refractivity contribution in [2.75, 3.05) is 36.8 Å². The van der Waals surface area contributed by atoms with Crippen LogP contribution in [0.25, 0.3) is 0 Å². The molecule has 1 aromatic rings. The van der Waals surface area contributed by atoms with Crippen LogP contribution in [0.1, 0.15) is 40.0 Å². The maximum atomic E-state index is 14.9. The average Bonchev–Trinajstić information content (AvgIpc) is 2.60. The molecular formula is C21H31F2N3O2. The first kappa shape index (κ1) is 20.8. The number of piperidine rings is 2. The van der Waals surface area contributed by atoms with Crippen LogP contribution in [-0.4, -0.2) is 54.9 Å². The number of hydrogen-bond donors (Lipinski definition) is 1. The van der Waals surface area contributed by atoms with E-state index >= 15 is 0 Å². The van der Waals surface area contributed by atoms with Crippen LogP contribution < -0.4 is 10.6 Å². The van der Waals surface area contributed by atoms with E-state index in [4.69, 9.17) is 10.5 Å². The Kier molecular flexibility index (Phi) is 6.12. The fraction of sp³-hybridized carbons (Fsp3) is 0.667. The molecule has 3 rings (SSSR count). The third-order valence-corrected chi connectivity index (χ3v) is 5.56. The Morgan fingerprint density at radius 1 is 1.18 bits per heavy atom. The number of alkyl halides is 1. The Hall–Kier alpha value is -1.89. The number of carbonyl (C=O) groups excluding carboxylic acids is 1. The highest BCUT2D eigenvalue weighted by Gasteiger charge is 2.37. The molecule has 2 aliphatic heterocycles. The Bertz CT molecular complexity index is 699. The summed E-state index contributed by atoms with van der Waals surface area (Å²) in [5.74, 6) is -0.682. The van der Waals surface area contributed by atoms with E-state index in [-0.39, 0.29) is 24.5 Å². The number of benzene rings is 1. The number of halogens is 2. The molecule has 5 nitrogen and oxygen atoms in total. The molecule has 0 bridgehead atoms. The molecule has 0 saturated carbocycles. The number of likely N-dealkylation sites (tertiary alicyclic amines) is 1. The van der Waals surface area contributed by atoms with Gasteiger partial charge in [-0.1, -0.05) is 0 Å². The van der Waals surface area contributed by atoms with E-state index < -0.39 is 17.6 Å². The lowest BCUT2D eigenvalue weighted by Gasteiger charge is -2.44. The van der Waals surface area contributed by atoms with Crippen molar-refractivity contribution in [3.05, 3.63) is 24.0 Å². The van der Waals surface area contributed by atoms with Crippen molar-refractivity contribution < 1.29 is 18.3 Å². The minimum atomic E-state index is -1.07. The number of carbonyl (C=O) groups is 1. The summed E-state index contributed by atoms with van der Waals surface area (Å²) >= 11 is 0. The molecule has 2 atom stereocenters. The van der Waals surface area contributed by atoms with Crippen LogP contribution >= 0.6 is 0 Å². The number of anilines is 2. The number of nitrogens with two attached hydrogens (primary N) is 1. The van der Waals surface area contributed by atoms with Crippen LogP contribution in [0.2, 0.25) is 0 Å². The highest BCUT2D eigenvalue weighted by atomic mass is 19.1. The highest BCUT2D eigenvalue weighted by Crippen LogP contribution is 2.30. The summed E-state index contributed by atoms with van der Waals surface area (Å²) in [6.07, 6.45) is 0.939. The SMILES string of the molecule is CC(C)(C)OC(=O)C1CCN(C2CCN(c3ccc(N)cc3F)CC2F)CC1. The fourth-order valence-electron chi connectivity index (χ4n) is 4.15. The molecule has 2 heterocycles. The second kappa shape index (κ2) is 8.23. The number of nitrogens with zero attached hydrogens (tertiary/aromatic N) is 2. The predicted molar refractivity (Wildman–Crippen MR) is 106 cm³/mol. The lowest BCUT2D eigenvalue weighted by molar-refractivity contribution is -0.162. The van der Waals surface area contributed by atoms with Crippen LogP contribution in [0.4, 0.5) is 20.2 Å². The van der Waals surface area contributed by atoms with Crippen molar-refractivity contribution in [2.45, 2.75) is 57.8 Å². The van der Waals surface area contributed by atoms with E-state index in [1.165, 1.54) is 6.07 Å². The molecule has 0 aromatic heterocycles. The molecule has 0 spiro atoms. The maximum Gasteiger partial charge on any atom is 0.309 e. The second-order valence-corrected chi connectivity index (χ2v) is 8.87. The molecule has 1 aromatic carbocycles. The van der Waals surface area contributed by atoms with E-state index in [1.54, 1.807) is 17.0 Å². The molecule has 2 aliphatic rings. The van der Waals surface area contributed by atoms with Gasteiger partial charge in [0, 0.05) is 18.3 Å². The fourth-order valence-corrected chi connectivity index (χ4v) is 4.15. The van der Waals surface area contributed by atoms with Gasteiger partial charge < -0.3 is 15.4 Å². The summed E-state index contributed by atoms with van der Waals surface area (Å²) in [6.45, 7) is 7.73. The molecule has 2 N–H and O–H groups in total. The minimum Gasteiger partial charge on any atom is -0.460 e. The van der Waals surface area contributed by atoms with Crippen molar-refractivity contribution in [1.29, 1.82) is 0 Å². The van der Waals surface area contributed by atoms with Gasteiger partial charge in [0.1, 0.15) is 17.6 Å². The number of rotatable bonds is 3. The van der Waals surface area contributed by atoms with Gasteiger partial charge in [0.15, 0.2) is 0 Å². The van der Waals surface area contributed by atoms with Crippen LogP contribution in [0.15, 0.2) is 18.2 Å². The monoisotopic (exact) mass is 395 g/mol. The van der Waals surface area contributed by atoms with Crippen LogP contribution in [0, 0.1) is 11.7 Å². The van der Waals surface area contributed by atoms with Gasteiger partial charge in [-0.3, -0.25) is 9.69 Å². The molecule has 2 saturated heterocycles. The number of esters is 1. The van der Waals surface area contributed by atoms with Crippen LogP contribution in [-0.2, 0) is 9.53 Å². The van der Waals surface area contributed by atoms with Gasteiger partial charge in [-0.25, -0.2) is 8.78 Å². The third kappa shape index (κ3) is 4.93. The first-order chi connectivity index (χ1) is 13.1. The van der Waals surface area contributed by atoms with Gasteiger partial charge in [-0.05, 0) is 71.3 Å². The molecular weight excluding hydrogens is 364 g/mol. The summed E-state index contributed by atoms with van der Waals surface area (Å²) in [4.78, 5) is 16.1. The molecule has 7 heteroatoms. The minimum absolute atomic E-state index is 0.113. The van der Waals surface area contributed by atoms with Gasteiger partial charge in [0.05, 0.1) is 18.2 Å². The number of nitrogen functional groups attached to an aromatic ring is 1. The number of hydrogen-bond acceptors (Lipinski definition) is 5. The predicted octanol–water partition coefficient (Wildman–Crippen LogP) is 3.38. The number of ether oxygens (including phenoxy) is 1. The van der Waals surface area contributed by atoms with Crippen molar-refractivity contribution in [2.24, 2.45) is 5.92 Å². The highest BCUT2D eigenvalue weighted by molar-refractivity contribution is 5.73. The van der Waals surface area contributed by atoms with Crippen LogP contribution in [0.3, 0.4) is 0 Å². The zero-order valence-corrected chi connectivity index (χ0v) is 17.0. The summed E-state index contributed by atoms with van der Waals surface area (Å²) in [5, 5.41) is 0. The van der Waals surface area contributed by atoms with E-state index in [0.717, 1.165) is 0 Å². The molecule has 2 unspecified atom stereocenters. The van der Waals surface area contributed by atoms with Gasteiger partial charge in [-0.15, -0.1) is 0 Å². The summed E-state index contributed by atoms with van der Waals surface area (Å²) in [5.41, 5.74) is 5.88. The van der Waals surface area contributed by atoms with Crippen molar-refractivity contribution in [3.8, 4) is 0 Å². The van der Waals surface area contributed by atoms with Crippen molar-refractivity contribution >= 4 is 17.3 Å². The molecule has 0 radical (unpaired) electrons. The molecule has 2 fully saturated rings. The van der Waals surface area contributed by atoms with E-state index in [0.29, 0.717) is 50.3 Å². The van der Waals surface area contributed by atoms with E-state index in [1.807, 2.05) is 20.8 Å². The summed E-state index contributed by atoms with van der Waals surface area (Å²) in [6, 6.07) is 4.34. The van der Waals surface area contributed by atoms with Crippen molar-refractivity contribution in [1.82, 2.24) is 4.90 Å². The largest absolute Gasteiger partial charge is 0.460 e. The molecule has 0 aliphatic carbocycles. The van der Waals surface area contributed by atoms with Gasteiger partial charge in [-0.2, -0.15) is 0 Å². The Morgan fingerprint density at radius 3 is 2.43 bits per heavy atom. The first-order valence-electron chi connectivity index (χ1n) is 10.0. The topological polar surface area (TPSA) is 58.8 Å². The Labute approximate surface area is 165 Å². The summed E-state index contributed by atoms with van der Waals surface area (Å²) in [7, 11) is 0. The maximum absolute atomic E-state index is 14.9. The summed E-state index contributed by atoms with van der Waals surface area (Å²) < 4.78 is 34.6. The molecule has 156 valence electrons. The molecule has 0 amide bonds. The first-order valence-corrected chi connectivity index (χ1v) is 10.0.